The number of hydrogen-bond donors (Lipinski definition) is 0. The molecule has 5 atom stereocenters. The molecule has 1 fully saturated rings. The highest BCUT2D eigenvalue weighted by molar-refractivity contribution is 5.25. The van der Waals surface area contributed by atoms with Gasteiger partial charge in [0.1, 0.15) is 6.10 Å². The minimum atomic E-state index is 0.294. The van der Waals surface area contributed by atoms with E-state index in [0.717, 1.165) is 17.8 Å². The maximum atomic E-state index is 5.51. The summed E-state index contributed by atoms with van der Waals surface area (Å²) < 4.78 is 5.51. The normalized spacial score (nSPS) is 49.7. The van der Waals surface area contributed by atoms with Crippen molar-refractivity contribution < 1.29 is 4.74 Å². The molecule has 3 rings (SSSR count). The fourth-order valence-electron chi connectivity index (χ4n) is 3.25. The van der Waals surface area contributed by atoms with Crippen LogP contribution in [-0.2, 0) is 4.74 Å². The maximum absolute atomic E-state index is 5.51. The van der Waals surface area contributed by atoms with E-state index in [4.69, 9.17) is 4.74 Å². The van der Waals surface area contributed by atoms with Crippen molar-refractivity contribution in [2.45, 2.75) is 12.5 Å². The molecule has 0 N–H and O–H groups in total. The molecule has 0 aliphatic heterocycles. The third-order valence-corrected chi connectivity index (χ3v) is 3.74. The molecule has 0 aromatic rings. The molecule has 0 saturated heterocycles. The lowest BCUT2D eigenvalue weighted by atomic mass is 9.84. The summed E-state index contributed by atoms with van der Waals surface area (Å²) in [5.74, 6) is 3.01. The van der Waals surface area contributed by atoms with E-state index in [1.807, 2.05) is 0 Å². The highest BCUT2D eigenvalue weighted by Gasteiger charge is 2.49. The summed E-state index contributed by atoms with van der Waals surface area (Å²) in [5, 5.41) is 0. The van der Waals surface area contributed by atoms with E-state index in [0.29, 0.717) is 12.0 Å². The molecular weight excluding hydrogens is 160 g/mol. The predicted octanol–water partition coefficient (Wildman–Crippen LogP) is 2.52. The van der Waals surface area contributed by atoms with Gasteiger partial charge in [-0.15, -0.1) is 0 Å². The number of ether oxygens (including phenoxy) is 1. The minimum Gasteiger partial charge on any atom is -0.494 e. The molecule has 2 bridgehead atoms. The lowest BCUT2D eigenvalue weighted by molar-refractivity contribution is 0.110. The van der Waals surface area contributed by atoms with Gasteiger partial charge < -0.3 is 4.74 Å². The lowest BCUT2D eigenvalue weighted by Gasteiger charge is -2.25. The predicted molar refractivity (Wildman–Crippen MR) is 51.9 cm³/mol. The molecule has 68 valence electrons. The molecule has 13 heavy (non-hydrogen) atoms. The molecule has 3 aliphatic rings. The van der Waals surface area contributed by atoms with Crippen molar-refractivity contribution in [3.05, 3.63) is 37.1 Å². The van der Waals surface area contributed by atoms with E-state index in [1.165, 1.54) is 6.42 Å². The van der Waals surface area contributed by atoms with Crippen molar-refractivity contribution in [3.63, 3.8) is 0 Å². The third kappa shape index (κ3) is 0.874. The van der Waals surface area contributed by atoms with E-state index in [-0.39, 0.29) is 0 Å². The number of hydrogen-bond acceptors (Lipinski definition) is 1. The van der Waals surface area contributed by atoms with E-state index in [1.54, 1.807) is 6.26 Å². The average molecular weight is 174 g/mol. The van der Waals surface area contributed by atoms with Crippen LogP contribution in [0.1, 0.15) is 6.42 Å². The molecule has 0 radical (unpaired) electrons. The first-order chi connectivity index (χ1) is 6.40. The zero-order valence-electron chi connectivity index (χ0n) is 7.60. The molecule has 0 amide bonds. The average Bonchev–Trinajstić information content (AvgIpc) is 2.74. The largest absolute Gasteiger partial charge is 0.494 e. The quantitative estimate of drug-likeness (QED) is 0.461. The second kappa shape index (κ2) is 2.50. The summed E-state index contributed by atoms with van der Waals surface area (Å²) in [5.41, 5.74) is 0. The van der Waals surface area contributed by atoms with E-state index in [9.17, 15) is 0 Å². The zero-order chi connectivity index (χ0) is 8.84. The summed E-state index contributed by atoms with van der Waals surface area (Å²) >= 11 is 0. The van der Waals surface area contributed by atoms with Crippen molar-refractivity contribution >= 4 is 0 Å². The summed E-state index contributed by atoms with van der Waals surface area (Å²) in [7, 11) is 0. The van der Waals surface area contributed by atoms with Crippen LogP contribution in [0.15, 0.2) is 37.1 Å². The Bertz CT molecular complexity index is 289. The molecule has 0 unspecified atom stereocenters. The Balaban J connectivity index is 1.87. The van der Waals surface area contributed by atoms with Crippen LogP contribution < -0.4 is 0 Å². The van der Waals surface area contributed by atoms with Crippen LogP contribution >= 0.6 is 0 Å². The Morgan fingerprint density at radius 2 is 2.00 bits per heavy atom. The van der Waals surface area contributed by atoms with Gasteiger partial charge in [-0.1, -0.05) is 24.8 Å². The van der Waals surface area contributed by atoms with Crippen molar-refractivity contribution in [1.29, 1.82) is 0 Å². The first-order valence-electron chi connectivity index (χ1n) is 5.03. The first-order valence-corrected chi connectivity index (χ1v) is 5.03. The summed E-state index contributed by atoms with van der Waals surface area (Å²) in [6.45, 7) is 3.63. The van der Waals surface area contributed by atoms with E-state index in [2.05, 4.69) is 30.9 Å². The molecule has 1 saturated carbocycles. The van der Waals surface area contributed by atoms with Crippen LogP contribution in [0.4, 0.5) is 0 Å². The maximum Gasteiger partial charge on any atom is 0.120 e. The SMILES string of the molecule is C=CO[C@H]1C=C[C@@H]2[C@H]1[C@H]1C=C[C@@H]2C1. The Labute approximate surface area is 78.8 Å². The van der Waals surface area contributed by atoms with Gasteiger partial charge in [0.25, 0.3) is 0 Å². The fourth-order valence-corrected chi connectivity index (χ4v) is 3.25. The highest BCUT2D eigenvalue weighted by atomic mass is 16.5. The van der Waals surface area contributed by atoms with Gasteiger partial charge in [-0.25, -0.2) is 0 Å². The third-order valence-electron chi connectivity index (χ3n) is 3.74. The smallest absolute Gasteiger partial charge is 0.120 e. The van der Waals surface area contributed by atoms with Crippen molar-refractivity contribution in [1.82, 2.24) is 0 Å². The van der Waals surface area contributed by atoms with Gasteiger partial charge >= 0.3 is 0 Å². The van der Waals surface area contributed by atoms with E-state index >= 15 is 0 Å². The van der Waals surface area contributed by atoms with Crippen LogP contribution in [0.25, 0.3) is 0 Å². The second-order valence-corrected chi connectivity index (χ2v) is 4.26. The standard InChI is InChI=1S/C12H14O/c1-2-13-11-6-5-10-8-3-4-9(7-8)12(10)11/h2-6,8-12H,1,7H2/t8-,9+,10+,11+,12-/m1/s1. The molecular formula is C12H14O. The first kappa shape index (κ1) is 7.43. The lowest BCUT2D eigenvalue weighted by Crippen LogP contribution is -2.25. The summed E-state index contributed by atoms with van der Waals surface area (Å²) in [4.78, 5) is 0. The molecule has 0 aromatic carbocycles. The number of allylic oxidation sites excluding steroid dienone is 3. The Morgan fingerprint density at radius 3 is 2.85 bits per heavy atom. The molecule has 3 aliphatic carbocycles. The molecule has 1 heteroatoms. The van der Waals surface area contributed by atoms with Crippen LogP contribution in [0.3, 0.4) is 0 Å². The Hall–Kier alpha value is -0.980. The number of rotatable bonds is 2. The van der Waals surface area contributed by atoms with Gasteiger partial charge in [-0.05, 0) is 30.3 Å². The van der Waals surface area contributed by atoms with Gasteiger partial charge in [0.05, 0.1) is 6.26 Å². The highest BCUT2D eigenvalue weighted by Crippen LogP contribution is 2.53. The molecule has 1 nitrogen and oxygen atoms in total. The Kier molecular flexibility index (Phi) is 1.43. The van der Waals surface area contributed by atoms with Crippen LogP contribution in [0.2, 0.25) is 0 Å². The fraction of sp³-hybridized carbons (Fsp3) is 0.500. The van der Waals surface area contributed by atoms with Gasteiger partial charge in [0, 0.05) is 5.92 Å². The Morgan fingerprint density at radius 1 is 1.15 bits per heavy atom. The molecule has 0 heterocycles. The van der Waals surface area contributed by atoms with Gasteiger partial charge in [0.2, 0.25) is 0 Å². The van der Waals surface area contributed by atoms with Crippen LogP contribution in [0.5, 0.6) is 0 Å². The second-order valence-electron chi connectivity index (χ2n) is 4.26. The minimum absolute atomic E-state index is 0.294. The van der Waals surface area contributed by atoms with Crippen LogP contribution in [0, 0.1) is 23.7 Å². The van der Waals surface area contributed by atoms with Crippen molar-refractivity contribution in [2.75, 3.05) is 0 Å². The number of fused-ring (bicyclic) bond motifs is 5. The molecule has 0 spiro atoms. The summed E-state index contributed by atoms with van der Waals surface area (Å²) in [6.07, 6.45) is 12.5. The van der Waals surface area contributed by atoms with Gasteiger partial charge in [0.15, 0.2) is 0 Å². The topological polar surface area (TPSA) is 9.23 Å². The zero-order valence-corrected chi connectivity index (χ0v) is 7.60. The van der Waals surface area contributed by atoms with Crippen molar-refractivity contribution in [3.8, 4) is 0 Å². The van der Waals surface area contributed by atoms with Crippen LogP contribution in [-0.4, -0.2) is 6.10 Å². The summed E-state index contributed by atoms with van der Waals surface area (Å²) in [6, 6.07) is 0. The molecule has 0 aromatic heterocycles. The monoisotopic (exact) mass is 174 g/mol. The van der Waals surface area contributed by atoms with E-state index < -0.39 is 0 Å². The van der Waals surface area contributed by atoms with Gasteiger partial charge in [-0.3, -0.25) is 0 Å². The van der Waals surface area contributed by atoms with Crippen molar-refractivity contribution in [2.24, 2.45) is 23.7 Å². The van der Waals surface area contributed by atoms with Gasteiger partial charge in [-0.2, -0.15) is 0 Å².